The third-order valence-electron chi connectivity index (χ3n) is 5.94. The van der Waals surface area contributed by atoms with E-state index in [2.05, 4.69) is 9.71 Å². The fourth-order valence-electron chi connectivity index (χ4n) is 4.20. The summed E-state index contributed by atoms with van der Waals surface area (Å²) in [5.74, 6) is -0.0401. The van der Waals surface area contributed by atoms with Gasteiger partial charge in [0.05, 0.1) is 12.0 Å². The van der Waals surface area contributed by atoms with E-state index in [1.807, 2.05) is 0 Å². The third-order valence-corrected chi connectivity index (χ3v) is 8.74. The maximum Gasteiger partial charge on any atom is 0.284 e. The SMILES string of the molecule is COc1cccc(NC(=O)CC2S/C(=N/S(=O)(=O)c3ccc(Cl)cc3)N(C3CCCCC3)C2=O)c1. The van der Waals surface area contributed by atoms with Gasteiger partial charge in [0.1, 0.15) is 11.0 Å². The average molecular weight is 536 g/mol. The largest absolute Gasteiger partial charge is 0.497 e. The summed E-state index contributed by atoms with van der Waals surface area (Å²) in [5, 5.41) is 2.55. The lowest BCUT2D eigenvalue weighted by Gasteiger charge is -2.30. The Morgan fingerprint density at radius 1 is 1.17 bits per heavy atom. The summed E-state index contributed by atoms with van der Waals surface area (Å²) in [7, 11) is -2.53. The number of sulfonamides is 1. The topological polar surface area (TPSA) is 105 Å². The van der Waals surface area contributed by atoms with Gasteiger partial charge in [-0.15, -0.1) is 4.40 Å². The van der Waals surface area contributed by atoms with Crippen LogP contribution in [0.15, 0.2) is 57.8 Å². The molecule has 1 atom stereocenters. The molecule has 0 radical (unpaired) electrons. The van der Waals surface area contributed by atoms with Crippen molar-refractivity contribution in [3.8, 4) is 5.75 Å². The summed E-state index contributed by atoms with van der Waals surface area (Å²) in [6.07, 6.45) is 4.43. The molecule has 11 heteroatoms. The summed E-state index contributed by atoms with van der Waals surface area (Å²) in [5.41, 5.74) is 0.549. The monoisotopic (exact) mass is 535 g/mol. The predicted octanol–water partition coefficient (Wildman–Crippen LogP) is 4.70. The first-order valence-electron chi connectivity index (χ1n) is 11.3. The number of amidine groups is 1. The second kappa shape index (κ2) is 11.0. The molecular formula is C24H26ClN3O5S2. The maximum atomic E-state index is 13.4. The van der Waals surface area contributed by atoms with Gasteiger partial charge in [0, 0.05) is 29.2 Å². The smallest absolute Gasteiger partial charge is 0.284 e. The van der Waals surface area contributed by atoms with Crippen LogP contribution in [0.4, 0.5) is 5.69 Å². The molecule has 1 aliphatic heterocycles. The van der Waals surface area contributed by atoms with Crippen LogP contribution in [0.1, 0.15) is 38.5 Å². The molecule has 2 amide bonds. The number of halogens is 1. The standard InChI is InChI=1S/C24H26ClN3O5S2/c1-33-19-9-5-6-17(14-19)26-22(29)15-21-23(30)28(18-7-3-2-4-8-18)24(34-21)27-35(31,32)20-12-10-16(25)11-13-20/h5-6,9-14,18,21H,2-4,7-8,15H2,1H3,(H,26,29)/b27-24+. The van der Waals surface area contributed by atoms with Crippen molar-refractivity contribution in [2.75, 3.05) is 12.4 Å². The van der Waals surface area contributed by atoms with E-state index in [1.165, 1.54) is 36.3 Å². The molecule has 0 spiro atoms. The Balaban J connectivity index is 1.56. The number of carbonyl (C=O) groups is 2. The van der Waals surface area contributed by atoms with Gasteiger partial charge in [-0.25, -0.2) is 0 Å². The highest BCUT2D eigenvalue weighted by Crippen LogP contribution is 2.36. The molecule has 1 saturated heterocycles. The van der Waals surface area contributed by atoms with Crippen LogP contribution in [-0.2, 0) is 19.6 Å². The summed E-state index contributed by atoms with van der Waals surface area (Å²) in [6.45, 7) is 0. The number of rotatable bonds is 7. The second-order valence-electron chi connectivity index (χ2n) is 8.39. The Morgan fingerprint density at radius 2 is 1.89 bits per heavy atom. The van der Waals surface area contributed by atoms with Crippen LogP contribution in [0, 0.1) is 0 Å². The fraction of sp³-hybridized carbons (Fsp3) is 0.375. The summed E-state index contributed by atoms with van der Waals surface area (Å²) < 4.78 is 35.2. The van der Waals surface area contributed by atoms with Crippen LogP contribution >= 0.6 is 23.4 Å². The molecular weight excluding hydrogens is 510 g/mol. The number of thioether (sulfide) groups is 1. The van der Waals surface area contributed by atoms with Gasteiger partial charge in [-0.1, -0.05) is 48.7 Å². The van der Waals surface area contributed by atoms with Gasteiger partial charge in [-0.3, -0.25) is 14.5 Å². The highest BCUT2D eigenvalue weighted by Gasteiger charge is 2.43. The molecule has 2 aliphatic rings. The zero-order valence-corrected chi connectivity index (χ0v) is 21.5. The van der Waals surface area contributed by atoms with Crippen molar-refractivity contribution >= 4 is 56.1 Å². The number of carbonyl (C=O) groups excluding carboxylic acids is 2. The molecule has 1 unspecified atom stereocenters. The first kappa shape index (κ1) is 25.5. The van der Waals surface area contributed by atoms with E-state index in [0.29, 0.717) is 16.5 Å². The molecule has 2 aromatic rings. The number of ether oxygens (including phenoxy) is 1. The molecule has 0 bridgehead atoms. The van der Waals surface area contributed by atoms with E-state index in [-0.39, 0.29) is 34.3 Å². The number of benzene rings is 2. The minimum Gasteiger partial charge on any atom is -0.497 e. The zero-order chi connectivity index (χ0) is 25.0. The van der Waals surface area contributed by atoms with Crippen molar-refractivity contribution in [3.63, 3.8) is 0 Å². The van der Waals surface area contributed by atoms with Crippen molar-refractivity contribution in [1.82, 2.24) is 4.90 Å². The average Bonchev–Trinajstić information content (AvgIpc) is 3.13. The number of methoxy groups -OCH3 is 1. The minimum atomic E-state index is -4.06. The summed E-state index contributed by atoms with van der Waals surface area (Å²) in [6, 6.07) is 12.5. The van der Waals surface area contributed by atoms with Gasteiger partial charge in [-0.05, 0) is 49.2 Å². The van der Waals surface area contributed by atoms with Crippen molar-refractivity contribution in [3.05, 3.63) is 53.6 Å². The van der Waals surface area contributed by atoms with E-state index in [4.69, 9.17) is 16.3 Å². The first-order chi connectivity index (χ1) is 16.8. The Bertz CT molecular complexity index is 1230. The molecule has 1 saturated carbocycles. The number of nitrogens with one attached hydrogen (secondary N) is 1. The normalized spacial score (nSPS) is 20.3. The van der Waals surface area contributed by atoms with Gasteiger partial charge in [-0.2, -0.15) is 8.42 Å². The van der Waals surface area contributed by atoms with E-state index < -0.39 is 15.3 Å². The van der Waals surface area contributed by atoms with Gasteiger partial charge < -0.3 is 10.1 Å². The number of nitrogens with zero attached hydrogens (tertiary/aromatic N) is 2. The first-order valence-corrected chi connectivity index (χ1v) is 14.0. The highest BCUT2D eigenvalue weighted by atomic mass is 35.5. The van der Waals surface area contributed by atoms with Crippen molar-refractivity contribution < 1.29 is 22.7 Å². The van der Waals surface area contributed by atoms with E-state index in [1.54, 1.807) is 24.3 Å². The molecule has 1 heterocycles. The number of hydrogen-bond donors (Lipinski definition) is 1. The number of hydrogen-bond acceptors (Lipinski definition) is 6. The van der Waals surface area contributed by atoms with Crippen LogP contribution in [0.25, 0.3) is 0 Å². The van der Waals surface area contributed by atoms with Gasteiger partial charge in [0.25, 0.3) is 10.0 Å². The van der Waals surface area contributed by atoms with E-state index in [9.17, 15) is 18.0 Å². The van der Waals surface area contributed by atoms with E-state index >= 15 is 0 Å². The van der Waals surface area contributed by atoms with Gasteiger partial charge in [0.2, 0.25) is 11.8 Å². The molecule has 1 aliphatic carbocycles. The molecule has 2 fully saturated rings. The highest BCUT2D eigenvalue weighted by molar-refractivity contribution is 8.16. The van der Waals surface area contributed by atoms with Crippen molar-refractivity contribution in [1.29, 1.82) is 0 Å². The number of anilines is 1. The van der Waals surface area contributed by atoms with Crippen LogP contribution in [0.2, 0.25) is 5.02 Å². The zero-order valence-electron chi connectivity index (χ0n) is 19.1. The van der Waals surface area contributed by atoms with E-state index in [0.717, 1.165) is 43.9 Å². The minimum absolute atomic E-state index is 0.00902. The molecule has 1 N–H and O–H groups in total. The Kier molecular flexibility index (Phi) is 8.03. The van der Waals surface area contributed by atoms with Crippen LogP contribution in [0.3, 0.4) is 0 Å². The molecule has 0 aromatic heterocycles. The van der Waals surface area contributed by atoms with Crippen LogP contribution in [0.5, 0.6) is 5.75 Å². The second-order valence-corrected chi connectivity index (χ2v) is 11.6. The quantitative estimate of drug-likeness (QED) is 0.551. The predicted molar refractivity (Wildman–Crippen MR) is 137 cm³/mol. The Morgan fingerprint density at radius 3 is 2.57 bits per heavy atom. The third kappa shape index (κ3) is 6.17. The van der Waals surface area contributed by atoms with Crippen LogP contribution < -0.4 is 10.1 Å². The Hall–Kier alpha value is -2.56. The molecule has 35 heavy (non-hydrogen) atoms. The van der Waals surface area contributed by atoms with Crippen molar-refractivity contribution in [2.45, 2.75) is 54.7 Å². The van der Waals surface area contributed by atoms with Crippen molar-refractivity contribution in [2.24, 2.45) is 4.40 Å². The lowest BCUT2D eigenvalue weighted by molar-refractivity contribution is -0.130. The summed E-state index contributed by atoms with van der Waals surface area (Å²) in [4.78, 5) is 27.6. The van der Waals surface area contributed by atoms with Gasteiger partial charge >= 0.3 is 0 Å². The molecule has 186 valence electrons. The lowest BCUT2D eigenvalue weighted by Crippen LogP contribution is -2.42. The Labute approximate surface area is 214 Å². The summed E-state index contributed by atoms with van der Waals surface area (Å²) >= 11 is 6.91. The number of amides is 2. The molecule has 8 nitrogen and oxygen atoms in total. The molecule has 2 aromatic carbocycles. The lowest BCUT2D eigenvalue weighted by atomic mass is 9.94. The van der Waals surface area contributed by atoms with Crippen LogP contribution in [-0.4, -0.2) is 48.7 Å². The maximum absolute atomic E-state index is 13.4. The van der Waals surface area contributed by atoms with Gasteiger partial charge in [0.15, 0.2) is 5.17 Å². The molecule has 4 rings (SSSR count). The fourth-order valence-corrected chi connectivity index (χ4v) is 6.72.